The molecule has 3 nitrogen and oxygen atoms in total. The molecule has 20 heavy (non-hydrogen) atoms. The Hall–Kier alpha value is -0.710. The summed E-state index contributed by atoms with van der Waals surface area (Å²) in [5.74, 6) is 1.18. The van der Waals surface area contributed by atoms with Crippen LogP contribution < -0.4 is 5.32 Å². The number of nitrogens with zero attached hydrogens (tertiary/aromatic N) is 1. The molecule has 0 bridgehead atoms. The van der Waals surface area contributed by atoms with Crippen LogP contribution in [0.5, 0.6) is 0 Å². The average molecular weight is 313 g/mol. The summed E-state index contributed by atoms with van der Waals surface area (Å²) in [4.78, 5) is 14.4. The summed E-state index contributed by atoms with van der Waals surface area (Å²) < 4.78 is 0. The fourth-order valence-electron chi connectivity index (χ4n) is 2.52. The summed E-state index contributed by atoms with van der Waals surface area (Å²) in [5.41, 5.74) is 1.10. The van der Waals surface area contributed by atoms with E-state index in [-0.39, 0.29) is 18.1 Å². The van der Waals surface area contributed by atoms with E-state index < -0.39 is 0 Å². The summed E-state index contributed by atoms with van der Waals surface area (Å²) in [6.45, 7) is 2.89. The van der Waals surface area contributed by atoms with Gasteiger partial charge in [-0.25, -0.2) is 0 Å². The molecule has 1 N–H and O–H groups in total. The summed E-state index contributed by atoms with van der Waals surface area (Å²) in [5, 5.41) is 4.18. The molecular formula is C15H21ClN2OS. The third-order valence-electron chi connectivity index (χ3n) is 3.55. The van der Waals surface area contributed by atoms with Crippen LogP contribution in [-0.4, -0.2) is 35.4 Å². The maximum absolute atomic E-state index is 12.5. The van der Waals surface area contributed by atoms with E-state index >= 15 is 0 Å². The van der Waals surface area contributed by atoms with Crippen molar-refractivity contribution in [2.24, 2.45) is 0 Å². The fourth-order valence-corrected chi connectivity index (χ4v) is 3.03. The van der Waals surface area contributed by atoms with Crippen molar-refractivity contribution >= 4 is 29.3 Å². The lowest BCUT2D eigenvalue weighted by Gasteiger charge is -2.24. The van der Waals surface area contributed by atoms with Crippen LogP contribution >= 0.6 is 23.4 Å². The largest absolute Gasteiger partial charge is 0.321 e. The van der Waals surface area contributed by atoms with Gasteiger partial charge in [0.2, 0.25) is 5.91 Å². The van der Waals surface area contributed by atoms with Gasteiger partial charge in [0.25, 0.3) is 0 Å². The minimum absolute atomic E-state index is 0.0246. The number of hydrogen-bond donors (Lipinski definition) is 1. The first-order valence-electron chi connectivity index (χ1n) is 6.98. The van der Waals surface area contributed by atoms with E-state index in [4.69, 9.17) is 11.6 Å². The number of carbonyl (C=O) groups is 1. The third-order valence-corrected chi connectivity index (χ3v) is 4.39. The van der Waals surface area contributed by atoms with Crippen molar-refractivity contribution in [2.45, 2.75) is 32.0 Å². The summed E-state index contributed by atoms with van der Waals surface area (Å²) in [6, 6.07) is 7.69. The van der Waals surface area contributed by atoms with Crippen LogP contribution in [0.15, 0.2) is 24.3 Å². The van der Waals surface area contributed by atoms with Crippen LogP contribution in [0, 0.1) is 0 Å². The molecular weight excluding hydrogens is 292 g/mol. The maximum Gasteiger partial charge on any atom is 0.241 e. The lowest BCUT2D eigenvalue weighted by atomic mass is 10.1. The van der Waals surface area contributed by atoms with Crippen molar-refractivity contribution in [2.75, 3.05) is 18.6 Å². The highest BCUT2D eigenvalue weighted by Gasteiger charge is 2.38. The molecule has 5 heteroatoms. The third kappa shape index (κ3) is 3.48. The molecule has 2 atom stereocenters. The van der Waals surface area contributed by atoms with E-state index in [9.17, 15) is 4.79 Å². The van der Waals surface area contributed by atoms with Crippen molar-refractivity contribution in [3.8, 4) is 0 Å². The zero-order valence-corrected chi connectivity index (χ0v) is 13.5. The second-order valence-corrected chi connectivity index (χ2v) is 6.41. The summed E-state index contributed by atoms with van der Waals surface area (Å²) in [6.07, 6.45) is 3.93. The molecule has 1 aliphatic heterocycles. The van der Waals surface area contributed by atoms with Gasteiger partial charge in [0.05, 0.1) is 6.04 Å². The highest BCUT2D eigenvalue weighted by Crippen LogP contribution is 2.28. The van der Waals surface area contributed by atoms with Crippen molar-refractivity contribution in [1.29, 1.82) is 0 Å². The standard InChI is InChI=1S/C15H21ClN2OS/c1-3-4-13-15(19)18(9-10-20-2)14(17-13)11-5-7-12(16)8-6-11/h5-8,13-14,17H,3-4,9-10H2,1-2H3. The van der Waals surface area contributed by atoms with Gasteiger partial charge < -0.3 is 4.90 Å². The van der Waals surface area contributed by atoms with Gasteiger partial charge in [-0.05, 0) is 30.4 Å². The second-order valence-electron chi connectivity index (χ2n) is 4.99. The monoisotopic (exact) mass is 312 g/mol. The van der Waals surface area contributed by atoms with Crippen molar-refractivity contribution in [1.82, 2.24) is 10.2 Å². The average Bonchev–Trinajstić information content (AvgIpc) is 2.75. The van der Waals surface area contributed by atoms with Gasteiger partial charge in [0.15, 0.2) is 0 Å². The Morgan fingerprint density at radius 1 is 1.35 bits per heavy atom. The van der Waals surface area contributed by atoms with Crippen LogP contribution in [0.4, 0.5) is 0 Å². The van der Waals surface area contributed by atoms with Crippen LogP contribution in [-0.2, 0) is 4.79 Å². The number of amides is 1. The Balaban J connectivity index is 2.19. The molecule has 1 heterocycles. The molecule has 2 rings (SSSR count). The molecule has 1 amide bonds. The number of rotatable bonds is 6. The molecule has 0 aromatic heterocycles. The Morgan fingerprint density at radius 3 is 2.65 bits per heavy atom. The Kier molecular flexibility index (Phi) is 5.75. The van der Waals surface area contributed by atoms with Gasteiger partial charge in [0, 0.05) is 17.3 Å². The zero-order valence-electron chi connectivity index (χ0n) is 11.9. The van der Waals surface area contributed by atoms with Gasteiger partial charge in [-0.1, -0.05) is 37.1 Å². The van der Waals surface area contributed by atoms with Crippen LogP contribution in [0.3, 0.4) is 0 Å². The van der Waals surface area contributed by atoms with Crippen LogP contribution in [0.1, 0.15) is 31.5 Å². The van der Waals surface area contributed by atoms with E-state index in [0.29, 0.717) is 0 Å². The first-order chi connectivity index (χ1) is 9.67. The summed E-state index contributed by atoms with van der Waals surface area (Å²) >= 11 is 7.70. The highest BCUT2D eigenvalue weighted by atomic mass is 35.5. The van der Waals surface area contributed by atoms with Crippen molar-refractivity contribution in [3.05, 3.63) is 34.9 Å². The molecule has 2 unspecified atom stereocenters. The quantitative estimate of drug-likeness (QED) is 0.874. The summed E-state index contributed by atoms with van der Waals surface area (Å²) in [7, 11) is 0. The Bertz CT molecular complexity index is 452. The predicted octanol–water partition coefficient (Wildman–Crippen LogP) is 3.30. The first kappa shape index (κ1) is 15.7. The topological polar surface area (TPSA) is 32.3 Å². The number of thioether (sulfide) groups is 1. The van der Waals surface area contributed by atoms with E-state index in [0.717, 1.165) is 35.7 Å². The van der Waals surface area contributed by atoms with E-state index in [1.165, 1.54) is 0 Å². The molecule has 0 radical (unpaired) electrons. The Labute approximate surface area is 130 Å². The number of carbonyl (C=O) groups excluding carboxylic acids is 1. The van der Waals surface area contributed by atoms with E-state index in [1.54, 1.807) is 11.8 Å². The zero-order chi connectivity index (χ0) is 14.5. The van der Waals surface area contributed by atoms with Gasteiger partial charge in [-0.2, -0.15) is 11.8 Å². The molecule has 0 saturated carbocycles. The highest BCUT2D eigenvalue weighted by molar-refractivity contribution is 7.98. The lowest BCUT2D eigenvalue weighted by Crippen LogP contribution is -2.33. The SMILES string of the molecule is CCCC1NC(c2ccc(Cl)cc2)N(CCSC)C1=O. The van der Waals surface area contributed by atoms with E-state index in [2.05, 4.69) is 18.5 Å². The minimum atomic E-state index is -0.0532. The van der Waals surface area contributed by atoms with Crippen LogP contribution in [0.25, 0.3) is 0 Å². The molecule has 1 fully saturated rings. The van der Waals surface area contributed by atoms with E-state index in [1.807, 2.05) is 29.2 Å². The van der Waals surface area contributed by atoms with Gasteiger partial charge in [-0.15, -0.1) is 0 Å². The fraction of sp³-hybridized carbons (Fsp3) is 0.533. The minimum Gasteiger partial charge on any atom is -0.321 e. The van der Waals surface area contributed by atoms with Gasteiger partial charge in [-0.3, -0.25) is 10.1 Å². The molecule has 1 aromatic rings. The normalized spacial score (nSPS) is 22.6. The maximum atomic E-state index is 12.5. The molecule has 1 aliphatic rings. The number of benzene rings is 1. The molecule has 110 valence electrons. The second kappa shape index (κ2) is 7.34. The predicted molar refractivity (Wildman–Crippen MR) is 86.1 cm³/mol. The van der Waals surface area contributed by atoms with Crippen LogP contribution in [0.2, 0.25) is 5.02 Å². The molecule has 0 spiro atoms. The van der Waals surface area contributed by atoms with Crippen molar-refractivity contribution in [3.63, 3.8) is 0 Å². The van der Waals surface area contributed by atoms with Crippen molar-refractivity contribution < 1.29 is 4.79 Å². The molecule has 1 aromatic carbocycles. The lowest BCUT2D eigenvalue weighted by molar-refractivity contribution is -0.130. The molecule has 0 aliphatic carbocycles. The van der Waals surface area contributed by atoms with Gasteiger partial charge in [0.1, 0.15) is 6.17 Å². The molecule has 1 saturated heterocycles. The Morgan fingerprint density at radius 2 is 2.05 bits per heavy atom. The smallest absolute Gasteiger partial charge is 0.241 e. The van der Waals surface area contributed by atoms with Gasteiger partial charge >= 0.3 is 0 Å². The number of hydrogen-bond acceptors (Lipinski definition) is 3. The number of nitrogens with one attached hydrogen (secondary N) is 1. The number of halogens is 1. The first-order valence-corrected chi connectivity index (χ1v) is 8.75.